The predicted molar refractivity (Wildman–Crippen MR) is 60.4 cm³/mol. The van der Waals surface area contributed by atoms with Crippen LogP contribution in [-0.2, 0) is 13.0 Å². The smallest absolute Gasteiger partial charge is 0.180 e. The maximum Gasteiger partial charge on any atom is 0.180 e. The lowest BCUT2D eigenvalue weighted by Crippen LogP contribution is -2.36. The molecule has 3 nitrogen and oxygen atoms in total. The molecule has 1 unspecified atom stereocenters. The van der Waals surface area contributed by atoms with Crippen molar-refractivity contribution in [3.05, 3.63) is 10.6 Å². The second-order valence-corrected chi connectivity index (χ2v) is 5.01. The van der Waals surface area contributed by atoms with E-state index in [4.69, 9.17) is 5.73 Å². The van der Waals surface area contributed by atoms with Gasteiger partial charge in [0.2, 0.25) is 0 Å². The van der Waals surface area contributed by atoms with E-state index in [1.54, 1.807) is 11.3 Å². The molecule has 2 rings (SSSR count). The summed E-state index contributed by atoms with van der Waals surface area (Å²) in [6.07, 6.45) is 2.27. The van der Waals surface area contributed by atoms with Crippen LogP contribution in [-0.4, -0.2) is 22.5 Å². The van der Waals surface area contributed by atoms with Crippen LogP contribution in [0.25, 0.3) is 0 Å². The summed E-state index contributed by atoms with van der Waals surface area (Å²) >= 11 is 1.65. The Morgan fingerprint density at radius 1 is 1.64 bits per heavy atom. The number of anilines is 1. The van der Waals surface area contributed by atoms with E-state index >= 15 is 0 Å². The molecule has 0 saturated carbocycles. The van der Waals surface area contributed by atoms with Crippen LogP contribution >= 0.6 is 11.3 Å². The van der Waals surface area contributed by atoms with Crippen molar-refractivity contribution in [1.29, 1.82) is 0 Å². The minimum atomic E-state index is 0.673. The van der Waals surface area contributed by atoms with Crippen molar-refractivity contribution in [3.8, 4) is 0 Å². The topological polar surface area (TPSA) is 42.2 Å². The van der Waals surface area contributed by atoms with E-state index in [0.717, 1.165) is 24.6 Å². The molecule has 0 saturated heterocycles. The van der Waals surface area contributed by atoms with Gasteiger partial charge in [-0.1, -0.05) is 6.92 Å². The molecule has 0 spiro atoms. The van der Waals surface area contributed by atoms with Crippen molar-refractivity contribution >= 4 is 16.5 Å². The Labute approximate surface area is 88.9 Å². The second-order valence-electron chi connectivity index (χ2n) is 3.90. The van der Waals surface area contributed by atoms with Gasteiger partial charge in [-0.05, 0) is 13.3 Å². The Morgan fingerprint density at radius 3 is 3.14 bits per heavy atom. The molecule has 78 valence electrons. The molecule has 2 heterocycles. The highest BCUT2D eigenvalue weighted by Crippen LogP contribution is 2.27. The molecule has 0 fully saturated rings. The van der Waals surface area contributed by atoms with Gasteiger partial charge in [-0.3, -0.25) is 4.90 Å². The minimum absolute atomic E-state index is 0.673. The molecular weight excluding hydrogens is 194 g/mol. The molecule has 0 radical (unpaired) electrons. The summed E-state index contributed by atoms with van der Waals surface area (Å²) in [6.45, 7) is 6.70. The van der Waals surface area contributed by atoms with Crippen LogP contribution in [0, 0.1) is 0 Å². The quantitative estimate of drug-likeness (QED) is 0.812. The van der Waals surface area contributed by atoms with E-state index in [2.05, 4.69) is 23.7 Å². The Kier molecular flexibility index (Phi) is 2.74. The van der Waals surface area contributed by atoms with Crippen LogP contribution in [0.2, 0.25) is 0 Å². The van der Waals surface area contributed by atoms with E-state index in [1.807, 2.05) is 0 Å². The zero-order valence-electron chi connectivity index (χ0n) is 8.79. The third kappa shape index (κ3) is 1.77. The number of fused-ring (bicyclic) bond motifs is 1. The number of thiazole rings is 1. The largest absolute Gasteiger partial charge is 0.375 e. The van der Waals surface area contributed by atoms with Crippen molar-refractivity contribution in [2.45, 2.75) is 39.3 Å². The standard InChI is InChI=1S/C10H17N3S/c1-3-7(2)13-5-4-8-9(6-13)14-10(11)12-8/h7H,3-6H2,1-2H3,(H2,11,12). The van der Waals surface area contributed by atoms with Crippen LogP contribution in [0.1, 0.15) is 30.8 Å². The summed E-state index contributed by atoms with van der Waals surface area (Å²) < 4.78 is 0. The lowest BCUT2D eigenvalue weighted by molar-refractivity contribution is 0.188. The molecule has 1 aromatic heterocycles. The van der Waals surface area contributed by atoms with E-state index in [0.29, 0.717) is 6.04 Å². The highest BCUT2D eigenvalue weighted by Gasteiger charge is 2.22. The molecule has 1 aliphatic rings. The SMILES string of the molecule is CCC(C)N1CCc2nc(N)sc2C1. The van der Waals surface area contributed by atoms with Crippen molar-refractivity contribution in [1.82, 2.24) is 9.88 Å². The average Bonchev–Trinajstić information content (AvgIpc) is 2.55. The monoisotopic (exact) mass is 211 g/mol. The first kappa shape index (κ1) is 9.93. The number of nitrogens with two attached hydrogens (primary N) is 1. The van der Waals surface area contributed by atoms with Crippen molar-refractivity contribution in [2.24, 2.45) is 0 Å². The zero-order valence-corrected chi connectivity index (χ0v) is 9.60. The molecule has 4 heteroatoms. The summed E-state index contributed by atoms with van der Waals surface area (Å²) in [7, 11) is 0. The highest BCUT2D eigenvalue weighted by molar-refractivity contribution is 7.15. The molecule has 0 aliphatic carbocycles. The average molecular weight is 211 g/mol. The number of hydrogen-bond donors (Lipinski definition) is 1. The van der Waals surface area contributed by atoms with Crippen molar-refractivity contribution < 1.29 is 0 Å². The Balaban J connectivity index is 2.12. The molecule has 2 N–H and O–H groups in total. The van der Waals surface area contributed by atoms with Crippen molar-refractivity contribution in [2.75, 3.05) is 12.3 Å². The summed E-state index contributed by atoms with van der Waals surface area (Å²) in [5.74, 6) is 0. The van der Waals surface area contributed by atoms with E-state index < -0.39 is 0 Å². The molecule has 14 heavy (non-hydrogen) atoms. The maximum absolute atomic E-state index is 5.70. The first-order chi connectivity index (χ1) is 6.70. The van der Waals surface area contributed by atoms with Gasteiger partial charge in [0.25, 0.3) is 0 Å². The van der Waals surface area contributed by atoms with Crippen molar-refractivity contribution in [3.63, 3.8) is 0 Å². The fraction of sp³-hybridized carbons (Fsp3) is 0.700. The number of rotatable bonds is 2. The van der Waals surface area contributed by atoms with Gasteiger partial charge in [-0.2, -0.15) is 0 Å². The summed E-state index contributed by atoms with van der Waals surface area (Å²) in [5.41, 5.74) is 6.93. The number of hydrogen-bond acceptors (Lipinski definition) is 4. The molecule has 1 aliphatic heterocycles. The lowest BCUT2D eigenvalue weighted by atomic mass is 10.1. The van der Waals surface area contributed by atoms with Gasteiger partial charge < -0.3 is 5.73 Å². The van der Waals surface area contributed by atoms with Gasteiger partial charge in [0.05, 0.1) is 5.69 Å². The minimum Gasteiger partial charge on any atom is -0.375 e. The van der Waals surface area contributed by atoms with E-state index in [1.165, 1.54) is 17.0 Å². The van der Waals surface area contributed by atoms with Gasteiger partial charge in [0.1, 0.15) is 0 Å². The normalized spacial score (nSPS) is 19.3. The molecular formula is C10H17N3S. The molecule has 0 bridgehead atoms. The van der Waals surface area contributed by atoms with Gasteiger partial charge in [-0.15, -0.1) is 11.3 Å². The third-order valence-electron chi connectivity index (χ3n) is 2.99. The van der Waals surface area contributed by atoms with Gasteiger partial charge in [0.15, 0.2) is 5.13 Å². The van der Waals surface area contributed by atoms with Gasteiger partial charge in [0, 0.05) is 30.4 Å². The van der Waals surface area contributed by atoms with Crippen LogP contribution in [0.15, 0.2) is 0 Å². The predicted octanol–water partition coefficient (Wildman–Crippen LogP) is 1.88. The summed E-state index contributed by atoms with van der Waals surface area (Å²) in [4.78, 5) is 8.22. The second kappa shape index (κ2) is 3.87. The lowest BCUT2D eigenvalue weighted by Gasteiger charge is -2.30. The Hall–Kier alpha value is -0.610. The van der Waals surface area contributed by atoms with Gasteiger partial charge in [-0.25, -0.2) is 4.98 Å². The molecule has 0 aromatic carbocycles. The molecule has 1 atom stereocenters. The van der Waals surface area contributed by atoms with Crippen LogP contribution in [0.4, 0.5) is 5.13 Å². The number of aromatic nitrogens is 1. The van der Waals surface area contributed by atoms with Crippen LogP contribution in [0.5, 0.6) is 0 Å². The number of nitrogen functional groups attached to an aromatic ring is 1. The first-order valence-corrected chi connectivity index (χ1v) is 6.00. The fourth-order valence-corrected chi connectivity index (χ4v) is 2.77. The number of nitrogens with zero attached hydrogens (tertiary/aromatic N) is 2. The van der Waals surface area contributed by atoms with E-state index in [9.17, 15) is 0 Å². The van der Waals surface area contributed by atoms with Crippen LogP contribution in [0.3, 0.4) is 0 Å². The van der Waals surface area contributed by atoms with E-state index in [-0.39, 0.29) is 0 Å². The first-order valence-electron chi connectivity index (χ1n) is 5.18. The molecule has 1 aromatic rings. The third-order valence-corrected chi connectivity index (χ3v) is 3.90. The van der Waals surface area contributed by atoms with Crippen LogP contribution < -0.4 is 5.73 Å². The highest BCUT2D eigenvalue weighted by atomic mass is 32.1. The van der Waals surface area contributed by atoms with Gasteiger partial charge >= 0.3 is 0 Å². The molecule has 0 amide bonds. The summed E-state index contributed by atoms with van der Waals surface area (Å²) in [6, 6.07) is 0.673. The Bertz CT molecular complexity index is 321. The fourth-order valence-electron chi connectivity index (χ4n) is 1.87. The maximum atomic E-state index is 5.70. The zero-order chi connectivity index (χ0) is 10.1. The summed E-state index contributed by atoms with van der Waals surface area (Å²) in [5, 5.41) is 0.723. The Morgan fingerprint density at radius 2 is 2.43 bits per heavy atom.